The van der Waals surface area contributed by atoms with Crippen molar-refractivity contribution in [3.05, 3.63) is 29.8 Å². The van der Waals surface area contributed by atoms with Gasteiger partial charge < -0.3 is 16.0 Å². The summed E-state index contributed by atoms with van der Waals surface area (Å²) in [6.07, 6.45) is 2.08. The van der Waals surface area contributed by atoms with Crippen LogP contribution in [0.25, 0.3) is 0 Å². The molecule has 0 aliphatic heterocycles. The molecule has 0 saturated carbocycles. The molecule has 0 bridgehead atoms. The number of hydrogen-bond donors (Lipinski definition) is 2. The zero-order chi connectivity index (χ0) is 14.3. The summed E-state index contributed by atoms with van der Waals surface area (Å²) in [5.41, 5.74) is 7.34. The molecule has 0 saturated heterocycles. The maximum atomic E-state index is 11.7. The number of thiocarbonyl (C=S) groups is 1. The molecule has 0 aliphatic carbocycles. The summed E-state index contributed by atoms with van der Waals surface area (Å²) < 4.78 is 0. The summed E-state index contributed by atoms with van der Waals surface area (Å²) in [7, 11) is 1.87. The molecule has 0 spiro atoms. The van der Waals surface area contributed by atoms with Gasteiger partial charge >= 0.3 is 0 Å². The van der Waals surface area contributed by atoms with Gasteiger partial charge in [0.25, 0.3) is 0 Å². The van der Waals surface area contributed by atoms with Crippen LogP contribution in [0.2, 0.25) is 0 Å². The number of amides is 1. The molecule has 4 nitrogen and oxygen atoms in total. The van der Waals surface area contributed by atoms with Gasteiger partial charge in [-0.3, -0.25) is 4.79 Å². The smallest absolute Gasteiger partial charge is 0.239 e. The van der Waals surface area contributed by atoms with Gasteiger partial charge in [-0.1, -0.05) is 37.7 Å². The lowest BCUT2D eigenvalue weighted by Gasteiger charge is -2.19. The lowest BCUT2D eigenvalue weighted by molar-refractivity contribution is -0.119. The summed E-state index contributed by atoms with van der Waals surface area (Å²) in [6, 6.07) is 7.57. The average molecular weight is 279 g/mol. The third kappa shape index (κ3) is 5.26. The first-order valence-electron chi connectivity index (χ1n) is 6.42. The van der Waals surface area contributed by atoms with Crippen molar-refractivity contribution in [2.24, 2.45) is 5.73 Å². The molecule has 0 fully saturated rings. The summed E-state index contributed by atoms with van der Waals surface area (Å²) in [5.74, 6) is 0.0247. The van der Waals surface area contributed by atoms with E-state index in [0.717, 1.165) is 30.6 Å². The molecule has 1 aromatic carbocycles. The number of rotatable bonds is 7. The van der Waals surface area contributed by atoms with E-state index in [2.05, 4.69) is 12.2 Å². The molecule has 0 heterocycles. The van der Waals surface area contributed by atoms with Gasteiger partial charge in [0.15, 0.2) is 0 Å². The van der Waals surface area contributed by atoms with E-state index in [0.29, 0.717) is 11.5 Å². The Morgan fingerprint density at radius 1 is 1.47 bits per heavy atom. The van der Waals surface area contributed by atoms with Gasteiger partial charge in [-0.15, -0.1) is 0 Å². The Kier molecular flexibility index (Phi) is 6.29. The quantitative estimate of drug-likeness (QED) is 0.589. The summed E-state index contributed by atoms with van der Waals surface area (Å²) in [4.78, 5) is 14.0. The van der Waals surface area contributed by atoms with Crippen molar-refractivity contribution in [1.82, 2.24) is 5.32 Å². The fraction of sp³-hybridized carbons (Fsp3) is 0.429. The number of nitrogens with one attached hydrogen (secondary N) is 1. The average Bonchev–Trinajstić information content (AvgIpc) is 2.39. The van der Waals surface area contributed by atoms with Crippen LogP contribution in [0.5, 0.6) is 0 Å². The number of nitrogens with zero attached hydrogens (tertiary/aromatic N) is 1. The van der Waals surface area contributed by atoms with Gasteiger partial charge in [-0.2, -0.15) is 0 Å². The molecule has 104 valence electrons. The van der Waals surface area contributed by atoms with E-state index in [9.17, 15) is 4.79 Å². The van der Waals surface area contributed by atoms with Gasteiger partial charge in [0.2, 0.25) is 5.91 Å². The third-order valence-electron chi connectivity index (χ3n) is 2.80. The van der Waals surface area contributed by atoms with Gasteiger partial charge in [0.1, 0.15) is 4.99 Å². The lowest BCUT2D eigenvalue weighted by atomic mass is 10.2. The summed E-state index contributed by atoms with van der Waals surface area (Å²) in [6.45, 7) is 3.15. The monoisotopic (exact) mass is 279 g/mol. The number of nitrogens with two attached hydrogens (primary N) is 1. The van der Waals surface area contributed by atoms with Crippen LogP contribution < -0.4 is 16.0 Å². The van der Waals surface area contributed by atoms with Gasteiger partial charge in [-0.05, 0) is 18.6 Å². The van der Waals surface area contributed by atoms with Crippen molar-refractivity contribution in [2.75, 3.05) is 25.0 Å². The number of carbonyl (C=O) groups is 1. The second kappa shape index (κ2) is 7.74. The van der Waals surface area contributed by atoms with Crippen LogP contribution in [0.1, 0.15) is 25.3 Å². The highest BCUT2D eigenvalue weighted by atomic mass is 32.1. The largest absolute Gasteiger partial charge is 0.389 e. The van der Waals surface area contributed by atoms with Crippen molar-refractivity contribution in [3.63, 3.8) is 0 Å². The van der Waals surface area contributed by atoms with Crippen molar-refractivity contribution in [2.45, 2.75) is 19.8 Å². The number of unbranched alkanes of at least 4 members (excludes halogenated alkanes) is 1. The Balaban J connectivity index is 2.57. The minimum atomic E-state index is 0.0247. The second-order valence-electron chi connectivity index (χ2n) is 4.47. The Morgan fingerprint density at radius 3 is 2.84 bits per heavy atom. The molecule has 0 radical (unpaired) electrons. The van der Waals surface area contributed by atoms with E-state index < -0.39 is 0 Å². The lowest BCUT2D eigenvalue weighted by Crippen LogP contribution is -2.35. The number of carbonyl (C=O) groups excluding carboxylic acids is 1. The Labute approximate surface area is 120 Å². The molecule has 0 aromatic heterocycles. The summed E-state index contributed by atoms with van der Waals surface area (Å²) in [5, 5.41) is 2.89. The van der Waals surface area contributed by atoms with E-state index in [1.165, 1.54) is 0 Å². The zero-order valence-electron chi connectivity index (χ0n) is 11.5. The van der Waals surface area contributed by atoms with Gasteiger partial charge in [0.05, 0.1) is 6.54 Å². The standard InChI is InChI=1S/C14H21N3OS/c1-3-4-8-16-13(18)10-17(2)12-7-5-6-11(9-12)14(15)19/h5-7,9H,3-4,8,10H2,1-2H3,(H2,15,19)(H,16,18). The van der Waals surface area contributed by atoms with Crippen LogP contribution in [0.4, 0.5) is 5.69 Å². The first kappa shape index (κ1) is 15.4. The SMILES string of the molecule is CCCCNC(=O)CN(C)c1cccc(C(N)=S)c1. The maximum absolute atomic E-state index is 11.7. The molecule has 0 atom stereocenters. The van der Waals surface area contributed by atoms with E-state index in [4.69, 9.17) is 18.0 Å². The third-order valence-corrected chi connectivity index (χ3v) is 3.04. The highest BCUT2D eigenvalue weighted by Gasteiger charge is 2.08. The summed E-state index contributed by atoms with van der Waals surface area (Å²) >= 11 is 4.95. The molecule has 3 N–H and O–H groups in total. The minimum Gasteiger partial charge on any atom is -0.389 e. The Morgan fingerprint density at radius 2 is 2.21 bits per heavy atom. The van der Waals surface area contributed by atoms with E-state index >= 15 is 0 Å². The molecule has 0 aliphatic rings. The van der Waals surface area contributed by atoms with Gasteiger partial charge in [-0.25, -0.2) is 0 Å². The number of benzene rings is 1. The minimum absolute atomic E-state index is 0.0247. The van der Waals surface area contributed by atoms with Crippen LogP contribution in [-0.2, 0) is 4.79 Å². The number of anilines is 1. The Bertz CT molecular complexity index is 448. The number of likely N-dealkylation sites (N-methyl/N-ethyl adjacent to an activating group) is 1. The highest BCUT2D eigenvalue weighted by Crippen LogP contribution is 2.14. The van der Waals surface area contributed by atoms with Crippen molar-refractivity contribution < 1.29 is 4.79 Å². The molecule has 1 rings (SSSR count). The Hall–Kier alpha value is -1.62. The molecule has 5 heteroatoms. The highest BCUT2D eigenvalue weighted by molar-refractivity contribution is 7.80. The van der Waals surface area contributed by atoms with Crippen LogP contribution in [0.15, 0.2) is 24.3 Å². The maximum Gasteiger partial charge on any atom is 0.239 e. The van der Waals surface area contributed by atoms with Crippen LogP contribution >= 0.6 is 12.2 Å². The molecule has 1 amide bonds. The normalized spacial score (nSPS) is 10.0. The topological polar surface area (TPSA) is 58.4 Å². The first-order chi connectivity index (χ1) is 9.04. The fourth-order valence-corrected chi connectivity index (χ4v) is 1.79. The molecule has 1 aromatic rings. The zero-order valence-corrected chi connectivity index (χ0v) is 12.3. The van der Waals surface area contributed by atoms with Crippen molar-refractivity contribution >= 4 is 28.8 Å². The van der Waals surface area contributed by atoms with Gasteiger partial charge in [0, 0.05) is 24.8 Å². The first-order valence-corrected chi connectivity index (χ1v) is 6.83. The van der Waals surface area contributed by atoms with E-state index in [1.54, 1.807) is 0 Å². The molecule has 19 heavy (non-hydrogen) atoms. The fourth-order valence-electron chi connectivity index (χ4n) is 1.66. The molecule has 0 unspecified atom stereocenters. The van der Waals surface area contributed by atoms with Crippen LogP contribution in [0.3, 0.4) is 0 Å². The van der Waals surface area contributed by atoms with Crippen LogP contribution in [-0.4, -0.2) is 31.0 Å². The molecular weight excluding hydrogens is 258 g/mol. The predicted molar refractivity (Wildman–Crippen MR) is 83.5 cm³/mol. The van der Waals surface area contributed by atoms with Crippen molar-refractivity contribution in [1.29, 1.82) is 0 Å². The second-order valence-corrected chi connectivity index (χ2v) is 4.91. The predicted octanol–water partition coefficient (Wildman–Crippen LogP) is 1.67. The van der Waals surface area contributed by atoms with E-state index in [-0.39, 0.29) is 5.91 Å². The van der Waals surface area contributed by atoms with Crippen molar-refractivity contribution in [3.8, 4) is 0 Å². The van der Waals surface area contributed by atoms with Crippen LogP contribution in [0, 0.1) is 0 Å². The van der Waals surface area contributed by atoms with E-state index in [1.807, 2.05) is 36.2 Å². The number of hydrogen-bond acceptors (Lipinski definition) is 3. The molecular formula is C14H21N3OS.